The van der Waals surface area contributed by atoms with Gasteiger partial charge in [0.1, 0.15) is 11.3 Å². The van der Waals surface area contributed by atoms with Crippen LogP contribution in [0.4, 0.5) is 0 Å². The van der Waals surface area contributed by atoms with E-state index in [2.05, 4.69) is 10.3 Å². The standard InChI is InChI=1S/C16H17ClN4O/c17-13-6-7-15(22-13)21-14(10-11-4-1-2-8-18-11)20-12-5-3-9-19-16(12)21/h3,5-7,9,11,18H,1-2,4,8,10H2. The first-order chi connectivity index (χ1) is 10.8. The number of rotatable bonds is 3. The third-order valence-corrected chi connectivity index (χ3v) is 4.31. The van der Waals surface area contributed by atoms with E-state index in [9.17, 15) is 0 Å². The van der Waals surface area contributed by atoms with Crippen molar-refractivity contribution in [2.45, 2.75) is 31.7 Å². The second kappa shape index (κ2) is 5.74. The highest BCUT2D eigenvalue weighted by Gasteiger charge is 2.20. The first kappa shape index (κ1) is 13.8. The van der Waals surface area contributed by atoms with Crippen LogP contribution in [0.2, 0.25) is 5.22 Å². The Balaban J connectivity index is 1.79. The molecule has 6 heteroatoms. The fraction of sp³-hybridized carbons (Fsp3) is 0.375. The van der Waals surface area contributed by atoms with Gasteiger partial charge in [-0.3, -0.25) is 0 Å². The molecule has 3 aromatic rings. The molecule has 1 fully saturated rings. The Labute approximate surface area is 133 Å². The zero-order chi connectivity index (χ0) is 14.9. The van der Waals surface area contributed by atoms with Crippen LogP contribution in [0.15, 0.2) is 34.9 Å². The molecule has 0 spiro atoms. The van der Waals surface area contributed by atoms with Crippen LogP contribution in [0.25, 0.3) is 17.0 Å². The maximum absolute atomic E-state index is 5.94. The molecule has 0 radical (unpaired) electrons. The third kappa shape index (κ3) is 2.51. The molecule has 22 heavy (non-hydrogen) atoms. The van der Waals surface area contributed by atoms with Crippen LogP contribution in [0, 0.1) is 0 Å². The first-order valence-corrected chi connectivity index (χ1v) is 8.00. The van der Waals surface area contributed by atoms with Crippen molar-refractivity contribution in [1.29, 1.82) is 0 Å². The highest BCUT2D eigenvalue weighted by atomic mass is 35.5. The van der Waals surface area contributed by atoms with Crippen molar-refractivity contribution in [2.24, 2.45) is 0 Å². The first-order valence-electron chi connectivity index (χ1n) is 7.63. The van der Waals surface area contributed by atoms with Crippen LogP contribution in [-0.2, 0) is 6.42 Å². The van der Waals surface area contributed by atoms with Gasteiger partial charge in [-0.15, -0.1) is 0 Å². The highest BCUT2D eigenvalue weighted by Crippen LogP contribution is 2.25. The van der Waals surface area contributed by atoms with Gasteiger partial charge in [0.2, 0.25) is 5.88 Å². The summed E-state index contributed by atoms with van der Waals surface area (Å²) in [6, 6.07) is 7.93. The molecule has 4 rings (SSSR count). The number of pyridine rings is 1. The van der Waals surface area contributed by atoms with Crippen molar-refractivity contribution in [1.82, 2.24) is 19.9 Å². The van der Waals surface area contributed by atoms with E-state index in [1.807, 2.05) is 22.8 Å². The largest absolute Gasteiger partial charge is 0.428 e. The number of nitrogens with one attached hydrogen (secondary N) is 1. The van der Waals surface area contributed by atoms with Gasteiger partial charge in [0.25, 0.3) is 0 Å². The van der Waals surface area contributed by atoms with Crippen molar-refractivity contribution in [2.75, 3.05) is 6.54 Å². The van der Waals surface area contributed by atoms with Crippen LogP contribution in [0.5, 0.6) is 0 Å². The smallest absolute Gasteiger partial charge is 0.208 e. The minimum atomic E-state index is 0.370. The summed E-state index contributed by atoms with van der Waals surface area (Å²) in [5.74, 6) is 1.62. The second-order valence-corrected chi connectivity index (χ2v) is 6.01. The summed E-state index contributed by atoms with van der Waals surface area (Å²) < 4.78 is 7.56. The van der Waals surface area contributed by atoms with Gasteiger partial charge in [-0.2, -0.15) is 0 Å². The summed E-state index contributed by atoms with van der Waals surface area (Å²) in [6.07, 6.45) is 6.32. The quantitative estimate of drug-likeness (QED) is 0.805. The van der Waals surface area contributed by atoms with Gasteiger partial charge in [-0.05, 0) is 49.2 Å². The lowest BCUT2D eigenvalue weighted by Crippen LogP contribution is -2.36. The molecule has 5 nitrogen and oxygen atoms in total. The molecule has 1 aliphatic rings. The summed E-state index contributed by atoms with van der Waals surface area (Å²) in [6.45, 7) is 1.08. The molecule has 1 aliphatic heterocycles. The van der Waals surface area contributed by atoms with Crippen LogP contribution in [0.1, 0.15) is 25.1 Å². The van der Waals surface area contributed by atoms with E-state index in [-0.39, 0.29) is 0 Å². The molecule has 1 N–H and O–H groups in total. The molecular formula is C16H17ClN4O. The lowest BCUT2D eigenvalue weighted by atomic mass is 10.0. The maximum Gasteiger partial charge on any atom is 0.208 e. The predicted molar refractivity (Wildman–Crippen MR) is 85.5 cm³/mol. The van der Waals surface area contributed by atoms with Gasteiger partial charge in [0.05, 0.1) is 0 Å². The number of hydrogen-bond donors (Lipinski definition) is 1. The molecule has 1 atom stereocenters. The summed E-state index contributed by atoms with van der Waals surface area (Å²) in [5.41, 5.74) is 1.68. The van der Waals surface area contributed by atoms with Gasteiger partial charge in [0.15, 0.2) is 10.9 Å². The minimum absolute atomic E-state index is 0.370. The molecular weight excluding hydrogens is 300 g/mol. The topological polar surface area (TPSA) is 55.9 Å². The monoisotopic (exact) mass is 316 g/mol. The van der Waals surface area contributed by atoms with Crippen molar-refractivity contribution in [3.05, 3.63) is 41.5 Å². The molecule has 0 bridgehead atoms. The zero-order valence-electron chi connectivity index (χ0n) is 12.1. The molecule has 0 aromatic carbocycles. The van der Waals surface area contributed by atoms with Crippen LogP contribution in [-0.4, -0.2) is 27.1 Å². The summed E-state index contributed by atoms with van der Waals surface area (Å²) in [7, 11) is 0. The van der Waals surface area contributed by atoms with Crippen LogP contribution >= 0.6 is 11.6 Å². The van der Waals surface area contributed by atoms with Gasteiger partial charge in [-0.25, -0.2) is 14.5 Å². The highest BCUT2D eigenvalue weighted by molar-refractivity contribution is 6.28. The Hall–Kier alpha value is -1.85. The van der Waals surface area contributed by atoms with Gasteiger partial charge < -0.3 is 9.73 Å². The van der Waals surface area contributed by atoms with Crippen molar-refractivity contribution in [3.8, 4) is 5.88 Å². The average Bonchev–Trinajstić information content (AvgIpc) is 3.11. The van der Waals surface area contributed by atoms with E-state index in [1.165, 1.54) is 19.3 Å². The van der Waals surface area contributed by atoms with Crippen molar-refractivity contribution < 1.29 is 4.42 Å². The predicted octanol–water partition coefficient (Wildman–Crippen LogP) is 3.35. The number of aromatic nitrogens is 3. The molecule has 3 aromatic heterocycles. The summed E-state index contributed by atoms with van der Waals surface area (Å²) in [4.78, 5) is 9.21. The number of fused-ring (bicyclic) bond motifs is 1. The Morgan fingerprint density at radius 3 is 3.05 bits per heavy atom. The molecule has 0 aliphatic carbocycles. The SMILES string of the molecule is Clc1ccc(-n2c(CC3CCCCN3)nc3cccnc32)o1. The van der Waals surface area contributed by atoms with E-state index < -0.39 is 0 Å². The fourth-order valence-corrected chi connectivity index (χ4v) is 3.21. The van der Waals surface area contributed by atoms with Gasteiger partial charge in [-0.1, -0.05) is 6.42 Å². The van der Waals surface area contributed by atoms with Crippen LogP contribution < -0.4 is 5.32 Å². The molecule has 4 heterocycles. The zero-order valence-corrected chi connectivity index (χ0v) is 12.9. The van der Waals surface area contributed by atoms with E-state index >= 15 is 0 Å². The number of hydrogen-bond acceptors (Lipinski definition) is 4. The van der Waals surface area contributed by atoms with Crippen LogP contribution in [0.3, 0.4) is 0 Å². The lowest BCUT2D eigenvalue weighted by Gasteiger charge is -2.23. The Bertz CT molecular complexity index is 788. The van der Waals surface area contributed by atoms with E-state index in [1.54, 1.807) is 12.3 Å². The number of halogens is 1. The summed E-state index contributed by atoms with van der Waals surface area (Å²) in [5, 5.41) is 3.94. The number of piperidine rings is 1. The number of imidazole rings is 1. The maximum atomic E-state index is 5.94. The van der Waals surface area contributed by atoms with E-state index in [0.29, 0.717) is 17.1 Å². The summed E-state index contributed by atoms with van der Waals surface area (Å²) >= 11 is 5.94. The Kier molecular flexibility index (Phi) is 3.60. The molecule has 1 unspecified atom stereocenters. The van der Waals surface area contributed by atoms with E-state index in [0.717, 1.165) is 30.0 Å². The second-order valence-electron chi connectivity index (χ2n) is 5.64. The molecule has 1 saturated heterocycles. The minimum Gasteiger partial charge on any atom is -0.428 e. The van der Waals surface area contributed by atoms with Gasteiger partial charge >= 0.3 is 0 Å². The van der Waals surface area contributed by atoms with Gasteiger partial charge in [0, 0.05) is 24.7 Å². The number of nitrogens with zero attached hydrogens (tertiary/aromatic N) is 3. The Morgan fingerprint density at radius 1 is 1.32 bits per heavy atom. The third-order valence-electron chi connectivity index (χ3n) is 4.11. The normalized spacial score (nSPS) is 18.9. The fourth-order valence-electron chi connectivity index (χ4n) is 3.07. The van der Waals surface area contributed by atoms with Crippen molar-refractivity contribution >= 4 is 22.8 Å². The lowest BCUT2D eigenvalue weighted by molar-refractivity contribution is 0.392. The van der Waals surface area contributed by atoms with Crippen molar-refractivity contribution in [3.63, 3.8) is 0 Å². The Morgan fingerprint density at radius 2 is 2.27 bits per heavy atom. The molecule has 0 saturated carbocycles. The average molecular weight is 317 g/mol. The van der Waals surface area contributed by atoms with E-state index in [4.69, 9.17) is 21.0 Å². The molecule has 0 amide bonds. The molecule has 114 valence electrons. The number of furan rings is 1.